The number of nitrogens with zero attached hydrogens (tertiary/aromatic N) is 1. The van der Waals surface area contributed by atoms with Gasteiger partial charge in [-0.15, -0.1) is 0 Å². The molecule has 2 nitrogen and oxygen atoms in total. The molecule has 0 bridgehead atoms. The number of aryl methyl sites for hydroxylation is 1. The van der Waals surface area contributed by atoms with E-state index < -0.39 is 0 Å². The minimum Gasteiger partial charge on any atom is -0.396 e. The van der Waals surface area contributed by atoms with E-state index in [2.05, 4.69) is 4.98 Å². The molecule has 1 rings (SSSR count). The second kappa shape index (κ2) is 4.65. The molecule has 0 radical (unpaired) electrons. The molecular formula is C8H9Cl2NO. The van der Waals surface area contributed by atoms with Gasteiger partial charge in [-0.25, -0.2) is 4.98 Å². The van der Waals surface area contributed by atoms with Crippen molar-refractivity contribution in [2.45, 2.75) is 12.8 Å². The first kappa shape index (κ1) is 9.78. The van der Waals surface area contributed by atoms with E-state index in [0.717, 1.165) is 12.0 Å². The van der Waals surface area contributed by atoms with Crippen molar-refractivity contribution in [1.29, 1.82) is 0 Å². The van der Waals surface area contributed by atoms with Gasteiger partial charge >= 0.3 is 0 Å². The van der Waals surface area contributed by atoms with E-state index in [9.17, 15) is 0 Å². The van der Waals surface area contributed by atoms with Crippen LogP contribution < -0.4 is 0 Å². The van der Waals surface area contributed by atoms with Crippen molar-refractivity contribution in [3.05, 3.63) is 28.0 Å². The number of hydrogen-bond donors (Lipinski definition) is 1. The zero-order valence-corrected chi connectivity index (χ0v) is 7.94. The molecule has 1 N–H and O–H groups in total. The summed E-state index contributed by atoms with van der Waals surface area (Å²) in [6, 6.07) is 3.52. The highest BCUT2D eigenvalue weighted by Crippen LogP contribution is 2.17. The van der Waals surface area contributed by atoms with Crippen LogP contribution in [0.25, 0.3) is 0 Å². The summed E-state index contributed by atoms with van der Waals surface area (Å²) >= 11 is 11.4. The Labute approximate surface area is 81.1 Å². The molecule has 66 valence electrons. The van der Waals surface area contributed by atoms with E-state index >= 15 is 0 Å². The lowest BCUT2D eigenvalue weighted by Crippen LogP contribution is -1.92. The fourth-order valence-corrected chi connectivity index (χ4v) is 1.34. The summed E-state index contributed by atoms with van der Waals surface area (Å²) in [4.78, 5) is 3.88. The predicted molar refractivity (Wildman–Crippen MR) is 49.7 cm³/mol. The molecular weight excluding hydrogens is 197 g/mol. The summed E-state index contributed by atoms with van der Waals surface area (Å²) in [6.45, 7) is 0.166. The molecule has 1 heterocycles. The number of pyridine rings is 1. The molecule has 1 aromatic rings. The van der Waals surface area contributed by atoms with Gasteiger partial charge in [0.2, 0.25) is 0 Å². The van der Waals surface area contributed by atoms with Crippen LogP contribution in [0.1, 0.15) is 12.0 Å². The van der Waals surface area contributed by atoms with Crippen molar-refractivity contribution >= 4 is 23.2 Å². The number of rotatable bonds is 3. The van der Waals surface area contributed by atoms with Crippen LogP contribution in [0.4, 0.5) is 0 Å². The highest BCUT2D eigenvalue weighted by molar-refractivity contribution is 6.32. The van der Waals surface area contributed by atoms with Gasteiger partial charge in [-0.05, 0) is 24.5 Å². The second-order valence-corrected chi connectivity index (χ2v) is 3.16. The minimum atomic E-state index is 0.166. The lowest BCUT2D eigenvalue weighted by Gasteiger charge is -2.01. The van der Waals surface area contributed by atoms with Gasteiger partial charge in [-0.1, -0.05) is 29.3 Å². The molecule has 0 aliphatic rings. The largest absolute Gasteiger partial charge is 0.396 e. The molecule has 0 spiro atoms. The smallest absolute Gasteiger partial charge is 0.134 e. The minimum absolute atomic E-state index is 0.166. The molecule has 4 heteroatoms. The summed E-state index contributed by atoms with van der Waals surface area (Å²) in [5, 5.41) is 9.41. The molecule has 0 saturated carbocycles. The predicted octanol–water partition coefficient (Wildman–Crippen LogP) is 2.31. The third-order valence-electron chi connectivity index (χ3n) is 1.50. The maximum absolute atomic E-state index is 8.58. The highest BCUT2D eigenvalue weighted by Gasteiger charge is 2.01. The molecule has 0 amide bonds. The fourth-order valence-electron chi connectivity index (χ4n) is 0.897. The van der Waals surface area contributed by atoms with Crippen LogP contribution in [0.3, 0.4) is 0 Å². The van der Waals surface area contributed by atoms with Crippen LogP contribution in [-0.2, 0) is 6.42 Å². The lowest BCUT2D eigenvalue weighted by molar-refractivity contribution is 0.288. The fraction of sp³-hybridized carbons (Fsp3) is 0.375. The molecule has 0 atom stereocenters. The van der Waals surface area contributed by atoms with Crippen molar-refractivity contribution in [3.8, 4) is 0 Å². The van der Waals surface area contributed by atoms with Crippen LogP contribution in [0.5, 0.6) is 0 Å². The first-order valence-electron chi connectivity index (χ1n) is 3.66. The average molecular weight is 206 g/mol. The van der Waals surface area contributed by atoms with Crippen LogP contribution in [0.15, 0.2) is 12.1 Å². The zero-order chi connectivity index (χ0) is 8.97. The number of aliphatic hydroxyl groups is 1. The van der Waals surface area contributed by atoms with Crippen molar-refractivity contribution in [2.75, 3.05) is 6.61 Å². The Morgan fingerprint density at radius 1 is 1.33 bits per heavy atom. The first-order chi connectivity index (χ1) is 5.74. The first-order valence-corrected chi connectivity index (χ1v) is 4.41. The highest BCUT2D eigenvalue weighted by atomic mass is 35.5. The lowest BCUT2D eigenvalue weighted by atomic mass is 10.2. The molecule has 0 aromatic carbocycles. The molecule has 1 aromatic heterocycles. The molecule has 0 unspecified atom stereocenters. The van der Waals surface area contributed by atoms with E-state index in [0.29, 0.717) is 16.7 Å². The summed E-state index contributed by atoms with van der Waals surface area (Å²) in [5.41, 5.74) is 0.926. The zero-order valence-electron chi connectivity index (χ0n) is 6.43. The quantitative estimate of drug-likeness (QED) is 0.769. The van der Waals surface area contributed by atoms with E-state index in [1.54, 1.807) is 6.07 Å². The number of aliphatic hydroxyl groups excluding tert-OH is 1. The van der Waals surface area contributed by atoms with Crippen molar-refractivity contribution in [3.63, 3.8) is 0 Å². The van der Waals surface area contributed by atoms with Gasteiger partial charge in [0.15, 0.2) is 0 Å². The Morgan fingerprint density at radius 2 is 2.08 bits per heavy atom. The number of aromatic nitrogens is 1. The van der Waals surface area contributed by atoms with Crippen LogP contribution >= 0.6 is 23.2 Å². The van der Waals surface area contributed by atoms with Gasteiger partial charge in [-0.3, -0.25) is 0 Å². The standard InChI is InChI=1S/C8H9Cl2NO/c9-7-4-3-6(2-1-5-12)8(10)11-7/h3-4,12H,1-2,5H2. The SMILES string of the molecule is OCCCc1ccc(Cl)nc1Cl. The Morgan fingerprint density at radius 3 is 2.67 bits per heavy atom. The Bertz CT molecular complexity index is 265. The van der Waals surface area contributed by atoms with E-state index in [1.807, 2.05) is 6.07 Å². The third kappa shape index (κ3) is 2.63. The van der Waals surface area contributed by atoms with Gasteiger partial charge in [0.1, 0.15) is 10.3 Å². The molecule has 0 saturated heterocycles. The molecule has 12 heavy (non-hydrogen) atoms. The monoisotopic (exact) mass is 205 g/mol. The van der Waals surface area contributed by atoms with Gasteiger partial charge in [0, 0.05) is 6.61 Å². The van der Waals surface area contributed by atoms with Crippen molar-refractivity contribution < 1.29 is 5.11 Å². The van der Waals surface area contributed by atoms with E-state index in [4.69, 9.17) is 28.3 Å². The van der Waals surface area contributed by atoms with E-state index in [1.165, 1.54) is 0 Å². The van der Waals surface area contributed by atoms with Crippen molar-refractivity contribution in [1.82, 2.24) is 4.98 Å². The molecule has 0 aliphatic carbocycles. The van der Waals surface area contributed by atoms with Gasteiger partial charge < -0.3 is 5.11 Å². The second-order valence-electron chi connectivity index (χ2n) is 2.41. The van der Waals surface area contributed by atoms with Crippen LogP contribution in [0, 0.1) is 0 Å². The molecule has 0 fully saturated rings. The summed E-state index contributed by atoms with van der Waals surface area (Å²) in [5.74, 6) is 0. The maximum atomic E-state index is 8.58. The van der Waals surface area contributed by atoms with E-state index in [-0.39, 0.29) is 6.61 Å². The van der Waals surface area contributed by atoms with Crippen LogP contribution in [-0.4, -0.2) is 16.7 Å². The van der Waals surface area contributed by atoms with Crippen molar-refractivity contribution in [2.24, 2.45) is 0 Å². The summed E-state index contributed by atoms with van der Waals surface area (Å²) < 4.78 is 0. The van der Waals surface area contributed by atoms with Gasteiger partial charge in [-0.2, -0.15) is 0 Å². The van der Waals surface area contributed by atoms with Crippen LogP contribution in [0.2, 0.25) is 10.3 Å². The number of halogens is 2. The third-order valence-corrected chi connectivity index (χ3v) is 2.03. The van der Waals surface area contributed by atoms with Gasteiger partial charge in [0.25, 0.3) is 0 Å². The maximum Gasteiger partial charge on any atom is 0.134 e. The molecule has 0 aliphatic heterocycles. The Kier molecular flexibility index (Phi) is 3.79. The number of hydrogen-bond acceptors (Lipinski definition) is 2. The Hall–Kier alpha value is -0.310. The topological polar surface area (TPSA) is 33.1 Å². The average Bonchev–Trinajstić information content (AvgIpc) is 2.03. The summed E-state index contributed by atoms with van der Waals surface area (Å²) in [6.07, 6.45) is 1.43. The Balaban J connectivity index is 2.72. The normalized spacial score (nSPS) is 10.2. The van der Waals surface area contributed by atoms with Gasteiger partial charge in [0.05, 0.1) is 0 Å². The summed E-state index contributed by atoms with van der Waals surface area (Å²) in [7, 11) is 0.